The first kappa shape index (κ1) is 13.1. The van der Waals surface area contributed by atoms with E-state index in [9.17, 15) is 4.79 Å². The molecular formula is C14H18N4O. The van der Waals surface area contributed by atoms with Crippen LogP contribution >= 0.6 is 0 Å². The average Bonchev–Trinajstić information content (AvgIpc) is 2.76. The van der Waals surface area contributed by atoms with Crippen molar-refractivity contribution in [2.45, 2.75) is 26.8 Å². The van der Waals surface area contributed by atoms with Gasteiger partial charge in [-0.2, -0.15) is 5.10 Å². The van der Waals surface area contributed by atoms with E-state index in [1.165, 1.54) is 5.56 Å². The number of benzene rings is 1. The Morgan fingerprint density at radius 3 is 2.47 bits per heavy atom. The number of nitrogens with zero attached hydrogens (tertiary/aromatic N) is 1. The standard InChI is InChI=1S/C14H18N4O/c1-3-10-4-6-11(7-5-10)8-16-14(19)12-9(2)17-18-13(12)15/h4-7H,3,8H2,1-2H3,(H,16,19)(H3,15,17,18). The number of nitrogens with two attached hydrogens (primary N) is 1. The van der Waals surface area contributed by atoms with Gasteiger partial charge >= 0.3 is 0 Å². The molecule has 4 N–H and O–H groups in total. The molecule has 0 atom stereocenters. The molecule has 0 fully saturated rings. The van der Waals surface area contributed by atoms with Crippen molar-refractivity contribution < 1.29 is 4.79 Å². The van der Waals surface area contributed by atoms with Crippen molar-refractivity contribution in [2.75, 3.05) is 5.73 Å². The van der Waals surface area contributed by atoms with Crippen LogP contribution in [0.2, 0.25) is 0 Å². The molecule has 5 heteroatoms. The monoisotopic (exact) mass is 258 g/mol. The van der Waals surface area contributed by atoms with E-state index in [1.807, 2.05) is 12.1 Å². The van der Waals surface area contributed by atoms with E-state index in [0.717, 1.165) is 12.0 Å². The summed E-state index contributed by atoms with van der Waals surface area (Å²) in [5, 5.41) is 9.34. The van der Waals surface area contributed by atoms with E-state index in [4.69, 9.17) is 5.73 Å². The van der Waals surface area contributed by atoms with Crippen LogP contribution in [0, 0.1) is 6.92 Å². The minimum Gasteiger partial charge on any atom is -0.382 e. The molecule has 0 radical (unpaired) electrons. The van der Waals surface area contributed by atoms with Gasteiger partial charge in [0.25, 0.3) is 5.91 Å². The van der Waals surface area contributed by atoms with Gasteiger partial charge in [0.05, 0.1) is 0 Å². The van der Waals surface area contributed by atoms with Gasteiger partial charge in [0.15, 0.2) is 5.82 Å². The lowest BCUT2D eigenvalue weighted by Gasteiger charge is -2.06. The number of anilines is 1. The average molecular weight is 258 g/mol. The molecule has 0 bridgehead atoms. The van der Waals surface area contributed by atoms with Crippen LogP contribution in [0.5, 0.6) is 0 Å². The van der Waals surface area contributed by atoms with Crippen LogP contribution in [0.4, 0.5) is 5.82 Å². The van der Waals surface area contributed by atoms with Crippen molar-refractivity contribution in [1.29, 1.82) is 0 Å². The van der Waals surface area contributed by atoms with E-state index in [1.54, 1.807) is 6.92 Å². The number of aromatic amines is 1. The first-order chi connectivity index (χ1) is 9.11. The third-order valence-corrected chi connectivity index (χ3v) is 3.09. The molecule has 1 amide bonds. The number of hydrogen-bond acceptors (Lipinski definition) is 3. The zero-order valence-electron chi connectivity index (χ0n) is 11.2. The molecule has 0 saturated heterocycles. The van der Waals surface area contributed by atoms with Crippen LogP contribution in [-0.2, 0) is 13.0 Å². The van der Waals surface area contributed by atoms with Gasteiger partial charge in [-0.25, -0.2) is 0 Å². The van der Waals surface area contributed by atoms with Gasteiger partial charge in [0.1, 0.15) is 5.56 Å². The molecule has 2 rings (SSSR count). The smallest absolute Gasteiger partial charge is 0.257 e. The number of nitrogen functional groups attached to an aromatic ring is 1. The van der Waals surface area contributed by atoms with E-state index < -0.39 is 0 Å². The summed E-state index contributed by atoms with van der Waals surface area (Å²) >= 11 is 0. The lowest BCUT2D eigenvalue weighted by molar-refractivity contribution is 0.0951. The third-order valence-electron chi connectivity index (χ3n) is 3.09. The summed E-state index contributed by atoms with van der Waals surface area (Å²) in [5.41, 5.74) is 9.09. The first-order valence-electron chi connectivity index (χ1n) is 6.28. The second-order valence-corrected chi connectivity index (χ2v) is 4.46. The molecule has 0 saturated carbocycles. The number of hydrogen-bond donors (Lipinski definition) is 3. The lowest BCUT2D eigenvalue weighted by atomic mass is 10.1. The van der Waals surface area contributed by atoms with Crippen LogP contribution in [0.1, 0.15) is 34.1 Å². The zero-order chi connectivity index (χ0) is 13.8. The van der Waals surface area contributed by atoms with Crippen molar-refractivity contribution in [3.8, 4) is 0 Å². The molecule has 0 aliphatic carbocycles. The Kier molecular flexibility index (Phi) is 3.85. The number of rotatable bonds is 4. The topological polar surface area (TPSA) is 83.8 Å². The second kappa shape index (κ2) is 5.56. The minimum absolute atomic E-state index is 0.205. The summed E-state index contributed by atoms with van der Waals surface area (Å²) in [7, 11) is 0. The maximum atomic E-state index is 12.0. The molecule has 0 spiro atoms. The van der Waals surface area contributed by atoms with Crippen molar-refractivity contribution in [3.63, 3.8) is 0 Å². The van der Waals surface area contributed by atoms with E-state index in [-0.39, 0.29) is 11.7 Å². The van der Waals surface area contributed by atoms with Crippen LogP contribution in [-0.4, -0.2) is 16.1 Å². The third kappa shape index (κ3) is 2.93. The normalized spacial score (nSPS) is 10.4. The molecule has 0 aliphatic rings. The summed E-state index contributed by atoms with van der Waals surface area (Å²) in [6, 6.07) is 8.17. The van der Waals surface area contributed by atoms with Gasteiger partial charge < -0.3 is 11.1 Å². The zero-order valence-corrected chi connectivity index (χ0v) is 11.2. The fourth-order valence-electron chi connectivity index (χ4n) is 1.90. The Morgan fingerprint density at radius 1 is 1.32 bits per heavy atom. The second-order valence-electron chi connectivity index (χ2n) is 4.46. The Balaban J connectivity index is 2.00. The van der Waals surface area contributed by atoms with Crippen LogP contribution in [0.25, 0.3) is 0 Å². The number of carbonyl (C=O) groups excluding carboxylic acids is 1. The highest BCUT2D eigenvalue weighted by Gasteiger charge is 2.15. The number of aromatic nitrogens is 2. The van der Waals surface area contributed by atoms with Gasteiger partial charge in [-0.1, -0.05) is 31.2 Å². The quantitative estimate of drug-likeness (QED) is 0.781. The largest absolute Gasteiger partial charge is 0.382 e. The highest BCUT2D eigenvalue weighted by atomic mass is 16.1. The molecule has 1 heterocycles. The van der Waals surface area contributed by atoms with Crippen LogP contribution in [0.15, 0.2) is 24.3 Å². The summed E-state index contributed by atoms with van der Waals surface area (Å²) in [4.78, 5) is 12.0. The Labute approximate surface area is 112 Å². The van der Waals surface area contributed by atoms with Gasteiger partial charge in [0.2, 0.25) is 0 Å². The molecule has 100 valence electrons. The summed E-state index contributed by atoms with van der Waals surface area (Å²) in [6.45, 7) is 4.36. The van der Waals surface area contributed by atoms with Crippen molar-refractivity contribution in [1.82, 2.24) is 15.5 Å². The number of amides is 1. The van der Waals surface area contributed by atoms with Gasteiger partial charge in [-0.3, -0.25) is 9.89 Å². The number of carbonyl (C=O) groups is 1. The van der Waals surface area contributed by atoms with Crippen molar-refractivity contribution in [3.05, 3.63) is 46.6 Å². The first-order valence-corrected chi connectivity index (χ1v) is 6.28. The van der Waals surface area contributed by atoms with E-state index in [2.05, 4.69) is 34.6 Å². The fourth-order valence-corrected chi connectivity index (χ4v) is 1.90. The van der Waals surface area contributed by atoms with Gasteiger partial charge in [-0.15, -0.1) is 0 Å². The van der Waals surface area contributed by atoms with E-state index >= 15 is 0 Å². The highest BCUT2D eigenvalue weighted by Crippen LogP contribution is 2.12. The Hall–Kier alpha value is -2.30. The predicted octanol–water partition coefficient (Wildman–Crippen LogP) is 1.79. The highest BCUT2D eigenvalue weighted by molar-refractivity contribution is 5.99. The molecule has 2 aromatic rings. The molecule has 0 aliphatic heterocycles. The minimum atomic E-state index is -0.205. The number of H-pyrrole nitrogens is 1. The number of nitrogens with one attached hydrogen (secondary N) is 2. The maximum absolute atomic E-state index is 12.0. The number of aryl methyl sites for hydroxylation is 2. The summed E-state index contributed by atoms with van der Waals surface area (Å²) in [6.07, 6.45) is 1.01. The lowest BCUT2D eigenvalue weighted by Crippen LogP contribution is -2.24. The molecule has 1 aromatic carbocycles. The fraction of sp³-hybridized carbons (Fsp3) is 0.286. The molecule has 0 unspecified atom stereocenters. The summed E-state index contributed by atoms with van der Waals surface area (Å²) < 4.78 is 0. The SMILES string of the molecule is CCc1ccc(CNC(=O)c2c(N)n[nH]c2C)cc1. The van der Waals surface area contributed by atoms with Crippen LogP contribution in [0.3, 0.4) is 0 Å². The molecule has 19 heavy (non-hydrogen) atoms. The molecular weight excluding hydrogens is 240 g/mol. The Bertz CT molecular complexity index is 552. The van der Waals surface area contributed by atoms with Crippen LogP contribution < -0.4 is 11.1 Å². The molecule has 1 aromatic heterocycles. The predicted molar refractivity (Wildman–Crippen MR) is 74.7 cm³/mol. The maximum Gasteiger partial charge on any atom is 0.257 e. The van der Waals surface area contributed by atoms with E-state index in [0.29, 0.717) is 17.8 Å². The van der Waals surface area contributed by atoms with Crippen molar-refractivity contribution >= 4 is 11.7 Å². The summed E-state index contributed by atoms with van der Waals surface area (Å²) in [5.74, 6) is 0.0275. The van der Waals surface area contributed by atoms with Gasteiger partial charge in [-0.05, 0) is 24.5 Å². The van der Waals surface area contributed by atoms with Gasteiger partial charge in [0, 0.05) is 12.2 Å². The van der Waals surface area contributed by atoms with Crippen molar-refractivity contribution in [2.24, 2.45) is 0 Å². The molecule has 5 nitrogen and oxygen atoms in total. The Morgan fingerprint density at radius 2 is 1.95 bits per heavy atom.